The maximum atomic E-state index is 13.2. The number of piperidine rings is 2. The number of likely N-dealkylation sites (tertiary alicyclic amines) is 1. The van der Waals surface area contributed by atoms with Gasteiger partial charge in [-0.25, -0.2) is 33.9 Å². The highest BCUT2D eigenvalue weighted by molar-refractivity contribution is 9.11. The Morgan fingerprint density at radius 1 is 0.554 bits per heavy atom. The van der Waals surface area contributed by atoms with Crippen LogP contribution in [0, 0.1) is 5.92 Å². The number of aromatic nitrogens is 2. The van der Waals surface area contributed by atoms with Crippen molar-refractivity contribution in [3.05, 3.63) is 68.9 Å². The van der Waals surface area contributed by atoms with E-state index in [0.717, 1.165) is 101 Å². The number of fused-ring (bicyclic) bond motifs is 2. The van der Waals surface area contributed by atoms with Crippen molar-refractivity contribution in [1.29, 1.82) is 0 Å². The zero-order valence-electron chi connectivity index (χ0n) is 51.8. The monoisotopic (exact) mass is 1350 g/mol. The van der Waals surface area contributed by atoms with E-state index < -0.39 is 58.0 Å². The summed E-state index contributed by atoms with van der Waals surface area (Å²) in [4.78, 5) is 88.4. The largest absolute Gasteiger partial charge is 0.460 e. The maximum absolute atomic E-state index is 13.2. The number of alkyl carbamates (subject to hydrolysis) is 1. The number of nitrogens with one attached hydrogen (secondary N) is 2. The molecule has 0 spiro atoms. The van der Waals surface area contributed by atoms with Crippen molar-refractivity contribution < 1.29 is 57.2 Å². The molecule has 0 radical (unpaired) electrons. The van der Waals surface area contributed by atoms with Crippen molar-refractivity contribution in [3.8, 4) is 0 Å². The van der Waals surface area contributed by atoms with Crippen molar-refractivity contribution in [3.63, 3.8) is 0 Å². The van der Waals surface area contributed by atoms with Gasteiger partial charge < -0.3 is 39.1 Å². The number of amides is 5. The van der Waals surface area contributed by atoms with Gasteiger partial charge in [0.2, 0.25) is 0 Å². The van der Waals surface area contributed by atoms with Crippen LogP contribution < -0.4 is 20.4 Å². The van der Waals surface area contributed by atoms with Gasteiger partial charge in [0.05, 0.1) is 8.95 Å². The quantitative estimate of drug-likeness (QED) is 0.0952. The smallest absolute Gasteiger partial charge is 0.425 e. The molecule has 19 nitrogen and oxygen atoms in total. The summed E-state index contributed by atoms with van der Waals surface area (Å²) in [5, 5.41) is 10.1. The second-order valence-electron chi connectivity index (χ2n) is 26.5. The Morgan fingerprint density at radius 2 is 0.928 bits per heavy atom. The summed E-state index contributed by atoms with van der Waals surface area (Å²) in [7, 11) is 0. The van der Waals surface area contributed by atoms with E-state index >= 15 is 0 Å². The minimum absolute atomic E-state index is 0.0982. The van der Waals surface area contributed by atoms with E-state index in [2.05, 4.69) is 79.4 Å². The number of alkyl halides is 1. The molecule has 2 aromatic heterocycles. The van der Waals surface area contributed by atoms with Crippen molar-refractivity contribution in [2.45, 2.75) is 208 Å². The second-order valence-corrected chi connectivity index (χ2v) is 28.7. The minimum Gasteiger partial charge on any atom is -0.460 e. The molecule has 2 saturated heterocycles. The Bertz CT molecular complexity index is 2850. The molecule has 0 saturated carbocycles. The second kappa shape index (κ2) is 29.3. The van der Waals surface area contributed by atoms with Gasteiger partial charge in [-0.1, -0.05) is 40.2 Å². The number of carbonyl (C=O) groups excluding carboxylic acids is 6. The number of ether oxygens (including phenoxy) is 6. The zero-order chi connectivity index (χ0) is 62.6. The number of pyridine rings is 2. The van der Waals surface area contributed by atoms with Crippen LogP contribution >= 0.6 is 47.8 Å². The van der Waals surface area contributed by atoms with Crippen LogP contribution in [0.3, 0.4) is 0 Å². The number of carbonyl (C=O) groups is 6. The summed E-state index contributed by atoms with van der Waals surface area (Å²) in [5.74, 6) is 0.405. The lowest BCUT2D eigenvalue weighted by Gasteiger charge is -2.32. The number of imide groups is 2. The van der Waals surface area contributed by atoms with Crippen LogP contribution in [0.1, 0.15) is 168 Å². The number of benzene rings is 2. The molecule has 460 valence electrons. The fraction of sp³-hybridized carbons (Fsp3) is 0.607. The minimum atomic E-state index is -0.871. The van der Waals surface area contributed by atoms with Gasteiger partial charge in [0.15, 0.2) is 11.6 Å². The summed E-state index contributed by atoms with van der Waals surface area (Å²) in [6.45, 7) is 36.5. The first-order valence-electron chi connectivity index (χ1n) is 28.0. The van der Waals surface area contributed by atoms with Crippen molar-refractivity contribution in [2.75, 3.05) is 36.0 Å². The highest BCUT2D eigenvalue weighted by Crippen LogP contribution is 2.37. The van der Waals surface area contributed by atoms with E-state index in [1.807, 2.05) is 71.9 Å². The zero-order valence-corrected chi connectivity index (χ0v) is 56.6. The average molecular weight is 1350 g/mol. The Balaban J connectivity index is 0.000000302. The SMILES string of the molecule is CC(C)(C)OC(=O)CC1CCN(Cc2ccc3cnc(N(C(=O)OC(C)(C)C)C(=O)OC(C)(C)C)c(Br)c3c2)CC1.CC(C)(C)OC(=O)N(C(=O)OC(C)(C)C)c1ncc2ccc(CBr)cc2c1Br.CC(C)(C)OC(=O)NC1CCNCC1. The van der Waals surface area contributed by atoms with Gasteiger partial charge in [0.1, 0.15) is 33.6 Å². The molecule has 6 rings (SSSR count). The molecular formula is C61H88Br3N7O12. The van der Waals surface area contributed by atoms with Crippen LogP contribution in [0.4, 0.5) is 35.6 Å². The van der Waals surface area contributed by atoms with Gasteiger partial charge >= 0.3 is 36.4 Å². The molecule has 22 heteroatoms. The number of hydrogen-bond acceptors (Lipinski definition) is 16. The number of esters is 1. The molecule has 0 atom stereocenters. The molecule has 2 aromatic carbocycles. The number of halogens is 3. The lowest BCUT2D eigenvalue weighted by Crippen LogP contribution is -2.44. The number of nitrogens with zero attached hydrogens (tertiary/aromatic N) is 5. The predicted molar refractivity (Wildman–Crippen MR) is 335 cm³/mol. The Kier molecular flexibility index (Phi) is 24.8. The summed E-state index contributed by atoms with van der Waals surface area (Å²) in [6.07, 6.45) is 3.78. The van der Waals surface area contributed by atoms with Crippen molar-refractivity contribution in [1.82, 2.24) is 25.5 Å². The maximum Gasteiger partial charge on any atom is 0.425 e. The van der Waals surface area contributed by atoms with E-state index in [1.54, 1.807) is 95.5 Å². The Labute approximate surface area is 516 Å². The van der Waals surface area contributed by atoms with Crippen LogP contribution in [-0.4, -0.2) is 117 Å². The van der Waals surface area contributed by atoms with E-state index in [9.17, 15) is 28.8 Å². The van der Waals surface area contributed by atoms with Crippen LogP contribution in [0.25, 0.3) is 21.5 Å². The topological polar surface area (TPSA) is 217 Å². The lowest BCUT2D eigenvalue weighted by atomic mass is 9.93. The summed E-state index contributed by atoms with van der Waals surface area (Å²) in [6, 6.07) is 12.2. The predicted octanol–water partition coefficient (Wildman–Crippen LogP) is 15.4. The molecule has 83 heavy (non-hydrogen) atoms. The summed E-state index contributed by atoms with van der Waals surface area (Å²) >= 11 is 10.6. The fourth-order valence-corrected chi connectivity index (χ4v) is 9.91. The molecule has 2 aliphatic heterocycles. The number of hydrogen-bond donors (Lipinski definition) is 2. The van der Waals surface area contributed by atoms with E-state index in [1.165, 1.54) is 0 Å². The first-order valence-corrected chi connectivity index (χ1v) is 30.7. The van der Waals surface area contributed by atoms with Gasteiger partial charge in [-0.05, 0) is 238 Å². The van der Waals surface area contributed by atoms with E-state index in [0.29, 0.717) is 26.6 Å². The van der Waals surface area contributed by atoms with Gasteiger partial charge in [-0.3, -0.25) is 9.69 Å². The van der Waals surface area contributed by atoms with Crippen LogP contribution in [-0.2, 0) is 45.1 Å². The highest BCUT2D eigenvalue weighted by Gasteiger charge is 2.37. The molecule has 0 aliphatic carbocycles. The third-order valence-electron chi connectivity index (χ3n) is 11.7. The molecule has 2 fully saturated rings. The van der Waals surface area contributed by atoms with Gasteiger partial charge in [-0.15, -0.1) is 0 Å². The van der Waals surface area contributed by atoms with Gasteiger partial charge in [0, 0.05) is 58.3 Å². The molecule has 0 bridgehead atoms. The van der Waals surface area contributed by atoms with E-state index in [4.69, 9.17) is 28.4 Å². The van der Waals surface area contributed by atoms with Crippen molar-refractivity contribution >= 4 is 117 Å². The first kappa shape index (κ1) is 70.3. The molecule has 4 aromatic rings. The fourth-order valence-electron chi connectivity index (χ4n) is 8.31. The Morgan fingerprint density at radius 3 is 1.30 bits per heavy atom. The molecule has 2 N–H and O–H groups in total. The van der Waals surface area contributed by atoms with Crippen LogP contribution in [0.2, 0.25) is 0 Å². The molecule has 4 heterocycles. The normalized spacial score (nSPS) is 14.9. The third-order valence-corrected chi connectivity index (χ3v) is 13.9. The number of rotatable bonds is 8. The van der Waals surface area contributed by atoms with Gasteiger partial charge in [0.25, 0.3) is 0 Å². The first-order chi connectivity index (χ1) is 38.1. The van der Waals surface area contributed by atoms with Crippen LogP contribution in [0.15, 0.2) is 57.7 Å². The van der Waals surface area contributed by atoms with Gasteiger partial charge in [-0.2, -0.15) is 9.80 Å². The average Bonchev–Trinajstić information content (AvgIpc) is 3.47. The molecule has 2 aliphatic rings. The van der Waals surface area contributed by atoms with Crippen molar-refractivity contribution in [2.24, 2.45) is 5.92 Å². The summed E-state index contributed by atoms with van der Waals surface area (Å²) in [5.41, 5.74) is -1.96. The molecule has 0 unspecified atom stereocenters. The van der Waals surface area contributed by atoms with E-state index in [-0.39, 0.29) is 29.7 Å². The summed E-state index contributed by atoms with van der Waals surface area (Å²) < 4.78 is 33.6. The Hall–Kier alpha value is -5.16. The van der Waals surface area contributed by atoms with Crippen LogP contribution in [0.5, 0.6) is 0 Å². The number of anilines is 2. The molecular weight excluding hydrogens is 1260 g/mol. The standard InChI is InChI=1S/C31H44BrN3O6.C20H24Br2N2O4.C10H20N2O2/c1-29(2,3)39-24(36)17-20-12-14-34(15-13-20)19-21-10-11-22-18-33-26(25(32)23(22)16-21)35(27(37)40-30(4,5)6)28(38)41-31(7,8)9;1-19(2,3)27-17(25)24(18(26)28-20(4,5)6)16-15(22)14-9-12(10-21)7-8-13(14)11-23-16;1-10(2,3)14-9(13)12-8-4-6-11-7-5-8/h10-11,16,18,20H,12-15,17,19H2,1-9H3;7-9,11H,10H2,1-6H3;8,11H,4-7H2,1-3H3,(H,12,13). The third kappa shape index (κ3) is 24.4. The highest BCUT2D eigenvalue weighted by atomic mass is 79.9. The lowest BCUT2D eigenvalue weighted by molar-refractivity contribution is -0.156. The molecule has 5 amide bonds.